The maximum absolute atomic E-state index is 5.53. The summed E-state index contributed by atoms with van der Waals surface area (Å²) in [7, 11) is 3.16. The standard InChI is InChI=1S/C24H30N8O2/c1-16(2)14-20(26-15-25)31-12-9-17(10-13-31)27-24-29-22-18(6-5-11-32(22)30-24)19-7-8-21(33-3)28-23(19)34-4/h5-8,11,14-15,17H,1,9-10,12-13H2,2-4H3,(H2,25,26)(H,27,30)/b20-14+. The lowest BCUT2D eigenvalue weighted by molar-refractivity contribution is 0.269. The lowest BCUT2D eigenvalue weighted by atomic mass is 10.1. The Hall–Kier alpha value is -4.08. The van der Waals surface area contributed by atoms with Gasteiger partial charge in [0.1, 0.15) is 5.82 Å². The first-order valence-corrected chi connectivity index (χ1v) is 11.1. The number of pyridine rings is 2. The van der Waals surface area contributed by atoms with E-state index >= 15 is 0 Å². The van der Waals surface area contributed by atoms with Gasteiger partial charge in [-0.3, -0.25) is 0 Å². The molecule has 0 unspecified atom stereocenters. The molecular formula is C24H30N8O2. The molecular weight excluding hydrogens is 432 g/mol. The molecule has 0 aliphatic carbocycles. The van der Waals surface area contributed by atoms with Crippen LogP contribution in [0.3, 0.4) is 0 Å². The Kier molecular flexibility index (Phi) is 6.95. The second kappa shape index (κ2) is 10.2. The summed E-state index contributed by atoms with van der Waals surface area (Å²) in [5.41, 5.74) is 8.88. The quantitative estimate of drug-likeness (QED) is 0.298. The molecule has 0 spiro atoms. The maximum atomic E-state index is 5.53. The molecule has 3 N–H and O–H groups in total. The molecule has 4 heterocycles. The van der Waals surface area contributed by atoms with Crippen molar-refractivity contribution < 1.29 is 9.47 Å². The molecule has 0 bridgehead atoms. The van der Waals surface area contributed by atoms with Crippen LogP contribution >= 0.6 is 0 Å². The molecule has 10 nitrogen and oxygen atoms in total. The number of likely N-dealkylation sites (tertiary alicyclic amines) is 1. The van der Waals surface area contributed by atoms with Crippen molar-refractivity contribution in [3.05, 3.63) is 54.5 Å². The number of ether oxygens (including phenoxy) is 2. The number of piperidine rings is 1. The predicted octanol–water partition coefficient (Wildman–Crippen LogP) is 3.09. The van der Waals surface area contributed by atoms with E-state index < -0.39 is 0 Å². The van der Waals surface area contributed by atoms with Crippen LogP contribution < -0.4 is 20.5 Å². The van der Waals surface area contributed by atoms with Crippen LogP contribution in [0.2, 0.25) is 0 Å². The van der Waals surface area contributed by atoms with E-state index in [1.807, 2.05) is 37.4 Å². The fourth-order valence-electron chi connectivity index (χ4n) is 4.02. The van der Waals surface area contributed by atoms with E-state index in [9.17, 15) is 0 Å². The largest absolute Gasteiger partial charge is 0.481 e. The summed E-state index contributed by atoms with van der Waals surface area (Å²) in [5, 5.41) is 8.13. The molecule has 10 heteroatoms. The molecule has 3 aromatic heterocycles. The molecule has 0 amide bonds. The third-order valence-corrected chi connectivity index (χ3v) is 5.62. The number of aromatic nitrogens is 4. The van der Waals surface area contributed by atoms with Gasteiger partial charge in [0.15, 0.2) is 5.65 Å². The molecule has 0 saturated carbocycles. The Morgan fingerprint density at radius 1 is 1.18 bits per heavy atom. The summed E-state index contributed by atoms with van der Waals surface area (Å²) in [6.07, 6.45) is 7.00. The van der Waals surface area contributed by atoms with Crippen molar-refractivity contribution in [1.82, 2.24) is 24.5 Å². The summed E-state index contributed by atoms with van der Waals surface area (Å²) in [6.45, 7) is 7.59. The van der Waals surface area contributed by atoms with Crippen LogP contribution in [-0.2, 0) is 0 Å². The summed E-state index contributed by atoms with van der Waals surface area (Å²) >= 11 is 0. The average molecular weight is 463 g/mol. The molecule has 34 heavy (non-hydrogen) atoms. The highest BCUT2D eigenvalue weighted by Crippen LogP contribution is 2.33. The smallest absolute Gasteiger partial charge is 0.243 e. The van der Waals surface area contributed by atoms with Crippen LogP contribution in [0, 0.1) is 0 Å². The van der Waals surface area contributed by atoms with Gasteiger partial charge in [-0.05, 0) is 44.0 Å². The normalized spacial score (nSPS) is 15.1. The first-order valence-electron chi connectivity index (χ1n) is 11.1. The number of hydrogen-bond acceptors (Lipinski definition) is 8. The Balaban J connectivity index is 1.52. The van der Waals surface area contributed by atoms with Gasteiger partial charge >= 0.3 is 0 Å². The van der Waals surface area contributed by atoms with E-state index in [0.717, 1.165) is 54.1 Å². The Morgan fingerprint density at radius 3 is 2.65 bits per heavy atom. The molecule has 178 valence electrons. The second-order valence-electron chi connectivity index (χ2n) is 8.07. The summed E-state index contributed by atoms with van der Waals surface area (Å²) < 4.78 is 12.5. The third kappa shape index (κ3) is 4.95. The summed E-state index contributed by atoms with van der Waals surface area (Å²) in [6, 6.07) is 7.87. The van der Waals surface area contributed by atoms with Crippen molar-refractivity contribution >= 4 is 17.9 Å². The van der Waals surface area contributed by atoms with Gasteiger partial charge in [0.05, 0.1) is 20.6 Å². The number of nitrogens with zero attached hydrogens (tertiary/aromatic N) is 6. The van der Waals surface area contributed by atoms with Crippen LogP contribution in [0.5, 0.6) is 11.8 Å². The van der Waals surface area contributed by atoms with Crippen molar-refractivity contribution in [2.24, 2.45) is 10.7 Å². The van der Waals surface area contributed by atoms with E-state index in [1.165, 1.54) is 6.34 Å². The molecule has 1 aliphatic heterocycles. The zero-order chi connectivity index (χ0) is 24.1. The molecule has 3 aromatic rings. The molecule has 1 aliphatic rings. The number of allylic oxidation sites excluding steroid dienone is 2. The maximum Gasteiger partial charge on any atom is 0.243 e. The highest BCUT2D eigenvalue weighted by atomic mass is 16.5. The number of methoxy groups -OCH3 is 2. The zero-order valence-corrected chi connectivity index (χ0v) is 19.7. The number of nitrogens with one attached hydrogen (secondary N) is 1. The van der Waals surface area contributed by atoms with Crippen molar-refractivity contribution in [3.8, 4) is 22.9 Å². The van der Waals surface area contributed by atoms with E-state index in [0.29, 0.717) is 17.7 Å². The monoisotopic (exact) mass is 462 g/mol. The van der Waals surface area contributed by atoms with Crippen LogP contribution in [0.15, 0.2) is 59.5 Å². The van der Waals surface area contributed by atoms with Gasteiger partial charge in [0, 0.05) is 42.5 Å². The fourth-order valence-corrected chi connectivity index (χ4v) is 4.02. The van der Waals surface area contributed by atoms with Gasteiger partial charge in [-0.1, -0.05) is 12.2 Å². The van der Waals surface area contributed by atoms with Gasteiger partial charge in [-0.15, -0.1) is 5.10 Å². The topological polar surface area (TPSA) is 115 Å². The highest BCUT2D eigenvalue weighted by Gasteiger charge is 2.22. The molecule has 4 rings (SSSR count). The van der Waals surface area contributed by atoms with Crippen molar-refractivity contribution in [2.75, 3.05) is 32.6 Å². The predicted molar refractivity (Wildman–Crippen MR) is 133 cm³/mol. The van der Waals surface area contributed by atoms with Gasteiger partial charge in [-0.25, -0.2) is 9.51 Å². The van der Waals surface area contributed by atoms with Crippen LogP contribution in [0.25, 0.3) is 16.8 Å². The Bertz CT molecular complexity index is 1220. The van der Waals surface area contributed by atoms with Crippen molar-refractivity contribution in [2.45, 2.75) is 25.8 Å². The van der Waals surface area contributed by atoms with Crippen LogP contribution in [0.4, 0.5) is 5.95 Å². The summed E-state index contributed by atoms with van der Waals surface area (Å²) in [5.74, 6) is 2.38. The van der Waals surface area contributed by atoms with Gasteiger partial charge in [-0.2, -0.15) is 9.97 Å². The van der Waals surface area contributed by atoms with Crippen LogP contribution in [0.1, 0.15) is 19.8 Å². The summed E-state index contributed by atoms with van der Waals surface area (Å²) in [4.78, 5) is 15.7. The van der Waals surface area contributed by atoms with E-state index in [1.54, 1.807) is 24.8 Å². The minimum atomic E-state index is 0.252. The minimum absolute atomic E-state index is 0.252. The average Bonchev–Trinajstić information content (AvgIpc) is 3.26. The second-order valence-corrected chi connectivity index (χ2v) is 8.07. The molecule has 0 radical (unpaired) electrons. The van der Waals surface area contributed by atoms with E-state index in [2.05, 4.69) is 31.9 Å². The molecule has 1 fully saturated rings. The first-order chi connectivity index (χ1) is 16.5. The number of nitrogens with two attached hydrogens (primary N) is 1. The van der Waals surface area contributed by atoms with E-state index in [-0.39, 0.29) is 6.04 Å². The SMILES string of the molecule is C=C(C)/C=C(\N=CN)N1CCC(Nc2nc3c(-c4ccc(OC)nc4OC)cccn3n2)CC1. The highest BCUT2D eigenvalue weighted by molar-refractivity contribution is 5.81. The number of rotatable bonds is 8. The minimum Gasteiger partial charge on any atom is -0.481 e. The van der Waals surface area contributed by atoms with Gasteiger partial charge < -0.3 is 25.4 Å². The number of fused-ring (bicyclic) bond motifs is 1. The fraction of sp³-hybridized carbons (Fsp3) is 0.333. The third-order valence-electron chi connectivity index (χ3n) is 5.62. The number of aliphatic imine (C=N–C) groups is 1. The molecule has 0 atom stereocenters. The van der Waals surface area contributed by atoms with Crippen LogP contribution in [-0.4, -0.2) is 64.2 Å². The Labute approximate surface area is 198 Å². The number of anilines is 1. The Morgan fingerprint density at radius 2 is 1.97 bits per heavy atom. The van der Waals surface area contributed by atoms with Gasteiger partial charge in [0.2, 0.25) is 17.7 Å². The molecule has 0 aromatic carbocycles. The van der Waals surface area contributed by atoms with Crippen molar-refractivity contribution in [1.29, 1.82) is 0 Å². The van der Waals surface area contributed by atoms with Gasteiger partial charge in [0.25, 0.3) is 0 Å². The van der Waals surface area contributed by atoms with E-state index in [4.69, 9.17) is 20.2 Å². The lowest BCUT2D eigenvalue weighted by Gasteiger charge is -2.33. The first kappa shape index (κ1) is 23.1. The zero-order valence-electron chi connectivity index (χ0n) is 19.7. The number of hydrogen-bond donors (Lipinski definition) is 2. The lowest BCUT2D eigenvalue weighted by Crippen LogP contribution is -2.38. The molecule has 1 saturated heterocycles. The van der Waals surface area contributed by atoms with Crippen molar-refractivity contribution in [3.63, 3.8) is 0 Å².